The average Bonchev–Trinajstić information content (AvgIpc) is 3.35. The van der Waals surface area contributed by atoms with E-state index < -0.39 is 24.3 Å². The zero-order valence-electron chi connectivity index (χ0n) is 48.4. The van der Waals surface area contributed by atoms with Crippen molar-refractivity contribution < 1.29 is 42.9 Å². The Morgan fingerprint density at radius 3 is 1.14 bits per heavy atom. The molecule has 1 N–H and O–H groups in total. The highest BCUT2D eigenvalue weighted by Gasteiger charge is 2.25. The van der Waals surface area contributed by atoms with Gasteiger partial charge >= 0.3 is 17.9 Å². The molecule has 0 fully saturated rings. The van der Waals surface area contributed by atoms with Crippen LogP contribution in [-0.2, 0) is 33.3 Å². The maximum absolute atomic E-state index is 12.8. The monoisotopic (exact) mass is 1020 g/mol. The molecule has 0 aromatic carbocycles. The molecule has 2 atom stereocenters. The summed E-state index contributed by atoms with van der Waals surface area (Å²) in [7, 11) is 5.97. The van der Waals surface area contributed by atoms with Crippen molar-refractivity contribution in [3.05, 3.63) is 24.3 Å². The predicted octanol–water partition coefficient (Wildman–Crippen LogP) is 18.3. The highest BCUT2D eigenvalue weighted by molar-refractivity contribution is 5.71. The van der Waals surface area contributed by atoms with Crippen LogP contribution in [-0.4, -0.2) is 87.4 Å². The number of hydrogen-bond donors (Lipinski definition) is 1. The molecule has 0 bridgehead atoms. The van der Waals surface area contributed by atoms with Crippen LogP contribution in [0, 0.1) is 0 Å². The number of esters is 2. The van der Waals surface area contributed by atoms with Gasteiger partial charge < -0.3 is 28.5 Å². The Kier molecular flexibility index (Phi) is 53.3. The molecule has 9 heteroatoms. The fourth-order valence-corrected chi connectivity index (χ4v) is 9.15. The number of likely N-dealkylation sites (N-methyl/N-ethyl adjacent to an activating group) is 1. The Labute approximate surface area is 446 Å². The van der Waals surface area contributed by atoms with E-state index in [0.29, 0.717) is 23.9 Å². The third-order valence-electron chi connectivity index (χ3n) is 14.0. The lowest BCUT2D eigenvalue weighted by Gasteiger charge is -2.25. The summed E-state index contributed by atoms with van der Waals surface area (Å²) < 4.78 is 22.9. The van der Waals surface area contributed by atoms with Gasteiger partial charge in [-0.2, -0.15) is 0 Å². The first kappa shape index (κ1) is 69.8. The molecule has 0 amide bonds. The smallest absolute Gasteiger partial charge is 0.361 e. The third-order valence-corrected chi connectivity index (χ3v) is 14.0. The topological polar surface area (TPSA) is 108 Å². The molecule has 424 valence electrons. The fraction of sp³-hybridized carbons (Fsp3) is 0.889. The molecule has 0 rings (SSSR count). The summed E-state index contributed by atoms with van der Waals surface area (Å²) in [6, 6.07) is 0. The number of carbonyl (C=O) groups is 3. The van der Waals surface area contributed by atoms with Crippen molar-refractivity contribution in [2.75, 3.05) is 47.5 Å². The van der Waals surface area contributed by atoms with Crippen molar-refractivity contribution in [2.45, 2.75) is 315 Å². The van der Waals surface area contributed by atoms with Crippen LogP contribution < -0.4 is 0 Å². The number of ether oxygens (including phenoxy) is 4. The molecule has 0 saturated carbocycles. The van der Waals surface area contributed by atoms with E-state index in [1.165, 1.54) is 205 Å². The molecule has 0 saturated heterocycles. The minimum Gasteiger partial charge on any atom is -0.477 e. The van der Waals surface area contributed by atoms with Crippen LogP contribution in [0.25, 0.3) is 0 Å². The van der Waals surface area contributed by atoms with Crippen LogP contribution in [0.4, 0.5) is 0 Å². The van der Waals surface area contributed by atoms with Crippen molar-refractivity contribution in [3.63, 3.8) is 0 Å². The van der Waals surface area contributed by atoms with E-state index >= 15 is 0 Å². The summed E-state index contributed by atoms with van der Waals surface area (Å²) in [5.41, 5.74) is 0. The first-order valence-corrected chi connectivity index (χ1v) is 31.0. The Balaban J connectivity index is 3.99. The minimum absolute atomic E-state index is 0.183. The molecule has 72 heavy (non-hydrogen) atoms. The molecule has 0 aliphatic heterocycles. The zero-order chi connectivity index (χ0) is 52.7. The molecular weight excluding hydrogens is 899 g/mol. The number of allylic oxidation sites excluding steroid dienone is 4. The number of rotatable bonds is 58. The lowest BCUT2D eigenvalue weighted by molar-refractivity contribution is -0.870. The van der Waals surface area contributed by atoms with Crippen molar-refractivity contribution in [1.29, 1.82) is 0 Å². The van der Waals surface area contributed by atoms with E-state index in [1.54, 1.807) is 0 Å². The molecule has 2 unspecified atom stereocenters. The number of nitrogens with zero attached hydrogens (tertiary/aromatic N) is 1. The van der Waals surface area contributed by atoms with Gasteiger partial charge in [-0.25, -0.2) is 4.79 Å². The van der Waals surface area contributed by atoms with Crippen LogP contribution in [0.1, 0.15) is 303 Å². The largest absolute Gasteiger partial charge is 0.477 e. The van der Waals surface area contributed by atoms with Gasteiger partial charge in [0, 0.05) is 12.8 Å². The SMILES string of the molecule is CCCC/C=C\C/C=C\CCCCCCCC(=O)OC(COC(=O)CCCCCCCCCCCCCCCCCCCCCCCCCCCCCCCCCCC)COC(OCC[N+](C)(C)C)C(=O)O. The summed E-state index contributed by atoms with van der Waals surface area (Å²) in [5.74, 6) is -2.01. The van der Waals surface area contributed by atoms with Gasteiger partial charge in [0.2, 0.25) is 0 Å². The molecule has 0 heterocycles. The van der Waals surface area contributed by atoms with Crippen LogP contribution >= 0.6 is 0 Å². The van der Waals surface area contributed by atoms with Crippen molar-refractivity contribution in [1.82, 2.24) is 0 Å². The minimum atomic E-state index is -1.51. The van der Waals surface area contributed by atoms with Gasteiger partial charge in [-0.15, -0.1) is 0 Å². The number of carboxylic acids is 1. The molecular formula is C63H120NO8+. The molecule has 0 spiro atoms. The van der Waals surface area contributed by atoms with Gasteiger partial charge in [0.25, 0.3) is 6.29 Å². The second-order valence-electron chi connectivity index (χ2n) is 22.4. The Morgan fingerprint density at radius 1 is 0.417 bits per heavy atom. The maximum atomic E-state index is 12.8. The second kappa shape index (κ2) is 55.0. The maximum Gasteiger partial charge on any atom is 0.361 e. The van der Waals surface area contributed by atoms with E-state index in [-0.39, 0.29) is 32.2 Å². The molecule has 0 aromatic heterocycles. The van der Waals surface area contributed by atoms with E-state index in [9.17, 15) is 19.5 Å². The quantitative estimate of drug-likeness (QED) is 0.0211. The third kappa shape index (κ3) is 55.5. The Bertz CT molecular complexity index is 1230. The molecule has 0 aliphatic rings. The number of unbranched alkanes of at least 4 members (excludes halogenated alkanes) is 39. The van der Waals surface area contributed by atoms with E-state index in [0.717, 1.165) is 64.2 Å². The lowest BCUT2D eigenvalue weighted by Crippen LogP contribution is -2.40. The molecule has 0 aromatic rings. The van der Waals surface area contributed by atoms with Crippen LogP contribution in [0.15, 0.2) is 24.3 Å². The first-order chi connectivity index (χ1) is 35.1. The summed E-state index contributed by atoms with van der Waals surface area (Å²) in [6.45, 7) is 4.86. The van der Waals surface area contributed by atoms with E-state index in [2.05, 4.69) is 38.2 Å². The van der Waals surface area contributed by atoms with E-state index in [1.807, 2.05) is 21.1 Å². The highest BCUT2D eigenvalue weighted by atomic mass is 16.7. The normalized spacial score (nSPS) is 12.8. The van der Waals surface area contributed by atoms with Crippen LogP contribution in [0.2, 0.25) is 0 Å². The molecule has 0 aliphatic carbocycles. The lowest BCUT2D eigenvalue weighted by atomic mass is 10.0. The summed E-state index contributed by atoms with van der Waals surface area (Å²) in [4.78, 5) is 37.4. The Morgan fingerprint density at radius 2 is 0.764 bits per heavy atom. The van der Waals surface area contributed by atoms with E-state index in [4.69, 9.17) is 18.9 Å². The van der Waals surface area contributed by atoms with Gasteiger partial charge in [0.1, 0.15) is 13.2 Å². The predicted molar refractivity (Wildman–Crippen MR) is 304 cm³/mol. The van der Waals surface area contributed by atoms with Gasteiger partial charge in [0.05, 0.1) is 34.4 Å². The summed E-state index contributed by atoms with van der Waals surface area (Å²) >= 11 is 0. The van der Waals surface area contributed by atoms with Crippen LogP contribution in [0.5, 0.6) is 0 Å². The standard InChI is InChI=1S/C63H119NO8/c1-6-8-10-12-14-16-18-20-22-23-24-25-26-27-28-29-30-31-32-33-34-35-36-37-38-39-40-42-43-45-47-49-51-53-60(65)70-57-59(58-71-63(62(67)68)69-56-55-64(3,4)5)72-61(66)54-52-50-48-46-44-41-21-19-17-15-13-11-9-7-2/h13,15,19,21,59,63H,6-12,14,16-18,20,22-58H2,1-5H3/p+1/b15-13-,21-19-. The van der Waals surface area contributed by atoms with Gasteiger partial charge in [-0.1, -0.05) is 276 Å². The van der Waals surface area contributed by atoms with Gasteiger partial charge in [0.15, 0.2) is 6.10 Å². The zero-order valence-corrected chi connectivity index (χ0v) is 48.4. The Hall–Kier alpha value is -2.23. The number of carboxylic acid groups (broad SMARTS) is 1. The highest BCUT2D eigenvalue weighted by Crippen LogP contribution is 2.18. The first-order valence-electron chi connectivity index (χ1n) is 31.0. The van der Waals surface area contributed by atoms with Gasteiger partial charge in [-0.05, 0) is 38.5 Å². The average molecular weight is 1020 g/mol. The van der Waals surface area contributed by atoms with Crippen LogP contribution in [0.3, 0.4) is 0 Å². The number of quaternary nitrogens is 1. The molecule has 0 radical (unpaired) electrons. The number of carbonyl (C=O) groups excluding carboxylic acids is 2. The van der Waals surface area contributed by atoms with Crippen molar-refractivity contribution >= 4 is 17.9 Å². The second-order valence-corrected chi connectivity index (χ2v) is 22.4. The van der Waals surface area contributed by atoms with Gasteiger partial charge in [-0.3, -0.25) is 9.59 Å². The number of hydrogen-bond acceptors (Lipinski definition) is 7. The number of aliphatic carboxylic acids is 1. The summed E-state index contributed by atoms with van der Waals surface area (Å²) in [6.07, 6.45) is 62.9. The molecule has 9 nitrogen and oxygen atoms in total. The summed E-state index contributed by atoms with van der Waals surface area (Å²) in [5, 5.41) is 9.69. The van der Waals surface area contributed by atoms with Crippen molar-refractivity contribution in [2.24, 2.45) is 0 Å². The fourth-order valence-electron chi connectivity index (χ4n) is 9.15. The van der Waals surface area contributed by atoms with Crippen molar-refractivity contribution in [3.8, 4) is 0 Å².